The lowest BCUT2D eigenvalue weighted by molar-refractivity contribution is -0.160. The lowest BCUT2D eigenvalue weighted by Crippen LogP contribution is -2.41. The standard InChI is InChI=1S/C16H29BN2O4/c1-15(2)16(3,4)23-17(22-15)13(11-18)12-19-8-10-21-14-7-5-6-9-20-14/h11-14,18H,5-10H2,1-4H3. The second-order valence-electron chi connectivity index (χ2n) is 7.09. The minimum atomic E-state index is -0.469. The molecule has 130 valence electrons. The van der Waals surface area contributed by atoms with Crippen LogP contribution < -0.4 is 0 Å². The molecule has 1 N–H and O–H groups in total. The van der Waals surface area contributed by atoms with E-state index in [1.54, 1.807) is 6.21 Å². The normalized spacial score (nSPS) is 28.2. The van der Waals surface area contributed by atoms with Crippen LogP contribution in [-0.4, -0.2) is 56.8 Å². The third-order valence-corrected chi connectivity index (χ3v) is 4.72. The zero-order chi connectivity index (χ0) is 16.9. The summed E-state index contributed by atoms with van der Waals surface area (Å²) in [5, 5.41) is 7.60. The van der Waals surface area contributed by atoms with Crippen LogP contribution in [0, 0.1) is 5.41 Å². The Morgan fingerprint density at radius 1 is 1.26 bits per heavy atom. The molecule has 23 heavy (non-hydrogen) atoms. The van der Waals surface area contributed by atoms with Gasteiger partial charge in [-0.05, 0) is 47.0 Å². The highest BCUT2D eigenvalue weighted by Gasteiger charge is 2.53. The molecule has 0 bridgehead atoms. The van der Waals surface area contributed by atoms with Crippen molar-refractivity contribution in [3.8, 4) is 0 Å². The van der Waals surface area contributed by atoms with E-state index in [1.165, 1.54) is 6.21 Å². The topological polar surface area (TPSA) is 73.1 Å². The van der Waals surface area contributed by atoms with E-state index < -0.39 is 18.3 Å². The van der Waals surface area contributed by atoms with Crippen LogP contribution >= 0.6 is 0 Å². The largest absolute Gasteiger partial charge is 0.472 e. The van der Waals surface area contributed by atoms with Gasteiger partial charge in [0.05, 0.1) is 30.2 Å². The first-order valence-corrected chi connectivity index (χ1v) is 8.45. The molecule has 2 aliphatic heterocycles. The second-order valence-corrected chi connectivity index (χ2v) is 7.09. The molecule has 2 heterocycles. The van der Waals surface area contributed by atoms with E-state index in [9.17, 15) is 0 Å². The first kappa shape index (κ1) is 18.6. The fourth-order valence-electron chi connectivity index (χ4n) is 2.51. The molecular weight excluding hydrogens is 295 g/mol. The van der Waals surface area contributed by atoms with Crippen LogP contribution in [0.25, 0.3) is 0 Å². The summed E-state index contributed by atoms with van der Waals surface area (Å²) >= 11 is 0. The molecule has 0 aromatic heterocycles. The van der Waals surface area contributed by atoms with Crippen molar-refractivity contribution >= 4 is 19.5 Å². The van der Waals surface area contributed by atoms with E-state index in [4.69, 9.17) is 24.2 Å². The summed E-state index contributed by atoms with van der Waals surface area (Å²) in [6.45, 7) is 9.86. The Hall–Kier alpha value is -0.755. The molecule has 2 aliphatic rings. The van der Waals surface area contributed by atoms with Gasteiger partial charge in [0.1, 0.15) is 0 Å². The first-order valence-electron chi connectivity index (χ1n) is 8.45. The van der Waals surface area contributed by atoms with E-state index in [0.717, 1.165) is 25.9 Å². The second kappa shape index (κ2) is 7.88. The number of hydrogen-bond donors (Lipinski definition) is 1. The van der Waals surface area contributed by atoms with Crippen molar-refractivity contribution in [2.24, 2.45) is 4.99 Å². The number of hydrogen-bond acceptors (Lipinski definition) is 6. The van der Waals surface area contributed by atoms with Gasteiger partial charge < -0.3 is 24.2 Å². The molecule has 0 aromatic carbocycles. The zero-order valence-corrected chi connectivity index (χ0v) is 14.7. The Labute approximate surface area is 139 Å². The van der Waals surface area contributed by atoms with Gasteiger partial charge in [0, 0.05) is 19.0 Å². The van der Waals surface area contributed by atoms with E-state index in [0.29, 0.717) is 13.2 Å². The van der Waals surface area contributed by atoms with Crippen molar-refractivity contribution in [2.45, 2.75) is 70.3 Å². The average Bonchev–Trinajstić information content (AvgIpc) is 2.72. The summed E-state index contributed by atoms with van der Waals surface area (Å²) < 4.78 is 23.0. The summed E-state index contributed by atoms with van der Waals surface area (Å²) in [6, 6.07) is 0. The predicted molar refractivity (Wildman–Crippen MR) is 91.5 cm³/mol. The van der Waals surface area contributed by atoms with E-state index >= 15 is 0 Å². The van der Waals surface area contributed by atoms with Crippen LogP contribution in [0.3, 0.4) is 0 Å². The molecule has 2 atom stereocenters. The van der Waals surface area contributed by atoms with Gasteiger partial charge in [-0.3, -0.25) is 4.99 Å². The van der Waals surface area contributed by atoms with Crippen molar-refractivity contribution in [2.75, 3.05) is 19.8 Å². The van der Waals surface area contributed by atoms with Gasteiger partial charge in [0.25, 0.3) is 0 Å². The zero-order valence-electron chi connectivity index (χ0n) is 14.7. The summed E-state index contributed by atoms with van der Waals surface area (Å²) in [7, 11) is -0.469. The van der Waals surface area contributed by atoms with Crippen LogP contribution in [0.5, 0.6) is 0 Å². The van der Waals surface area contributed by atoms with E-state index in [1.807, 2.05) is 27.7 Å². The van der Waals surface area contributed by atoms with Crippen LogP contribution in [0.1, 0.15) is 47.0 Å². The maximum Gasteiger partial charge on any atom is 0.472 e. The highest BCUT2D eigenvalue weighted by atomic mass is 16.7. The van der Waals surface area contributed by atoms with Crippen molar-refractivity contribution in [3.05, 3.63) is 0 Å². The molecule has 0 aromatic rings. The minimum Gasteiger partial charge on any atom is -0.403 e. The predicted octanol–water partition coefficient (Wildman–Crippen LogP) is 2.71. The van der Waals surface area contributed by atoms with Crippen LogP contribution in [0.15, 0.2) is 4.99 Å². The molecule has 0 radical (unpaired) electrons. The summed E-state index contributed by atoms with van der Waals surface area (Å²) in [4.78, 5) is 4.35. The van der Waals surface area contributed by atoms with Crippen molar-refractivity contribution in [1.29, 1.82) is 5.41 Å². The fraction of sp³-hybridized carbons (Fsp3) is 0.875. The fourth-order valence-corrected chi connectivity index (χ4v) is 2.51. The first-order chi connectivity index (χ1) is 10.9. The van der Waals surface area contributed by atoms with E-state index in [-0.39, 0.29) is 12.1 Å². The molecule has 2 rings (SSSR count). The van der Waals surface area contributed by atoms with Crippen LogP contribution in [0.4, 0.5) is 0 Å². The number of rotatable bonds is 7. The summed E-state index contributed by atoms with van der Waals surface area (Å²) in [6.07, 6.45) is 6.19. The maximum atomic E-state index is 7.60. The Morgan fingerprint density at radius 2 is 1.96 bits per heavy atom. The minimum absolute atomic E-state index is 0.0828. The van der Waals surface area contributed by atoms with Gasteiger partial charge in [0.15, 0.2) is 6.29 Å². The quantitative estimate of drug-likeness (QED) is 0.444. The van der Waals surface area contributed by atoms with Crippen molar-refractivity contribution in [3.63, 3.8) is 0 Å². The van der Waals surface area contributed by atoms with Gasteiger partial charge in [-0.25, -0.2) is 0 Å². The number of nitrogens with zero attached hydrogens (tertiary/aromatic N) is 1. The summed E-state index contributed by atoms with van der Waals surface area (Å²) in [5.74, 6) is -0.290. The molecule has 2 fully saturated rings. The van der Waals surface area contributed by atoms with Crippen molar-refractivity contribution < 1.29 is 18.8 Å². The molecule has 0 saturated carbocycles. The molecular formula is C16H29BN2O4. The Morgan fingerprint density at radius 3 is 2.52 bits per heavy atom. The maximum absolute atomic E-state index is 7.60. The average molecular weight is 324 g/mol. The Kier molecular flexibility index (Phi) is 6.36. The molecule has 2 unspecified atom stereocenters. The van der Waals surface area contributed by atoms with Gasteiger partial charge in [-0.15, -0.1) is 0 Å². The highest BCUT2D eigenvalue weighted by Crippen LogP contribution is 2.39. The smallest absolute Gasteiger partial charge is 0.403 e. The third-order valence-electron chi connectivity index (χ3n) is 4.72. The lowest BCUT2D eigenvalue weighted by Gasteiger charge is -2.32. The number of ether oxygens (including phenoxy) is 2. The van der Waals surface area contributed by atoms with Crippen LogP contribution in [-0.2, 0) is 18.8 Å². The van der Waals surface area contributed by atoms with E-state index in [2.05, 4.69) is 4.99 Å². The Balaban J connectivity index is 1.75. The third kappa shape index (κ3) is 4.86. The molecule has 0 spiro atoms. The lowest BCUT2D eigenvalue weighted by atomic mass is 9.73. The number of aliphatic imine (C=N–C) groups is 1. The Bertz CT molecular complexity index is 406. The molecule has 6 nitrogen and oxygen atoms in total. The van der Waals surface area contributed by atoms with Gasteiger partial charge in [0.2, 0.25) is 0 Å². The SMILES string of the molecule is CC1(C)OB(C(C=N)C=NCCOC2CCCCO2)OC1(C)C. The van der Waals surface area contributed by atoms with Crippen LogP contribution in [0.2, 0.25) is 5.82 Å². The highest BCUT2D eigenvalue weighted by molar-refractivity contribution is 6.56. The molecule has 0 amide bonds. The van der Waals surface area contributed by atoms with Gasteiger partial charge >= 0.3 is 7.12 Å². The molecule has 7 heteroatoms. The number of nitrogens with one attached hydrogen (secondary N) is 1. The summed E-state index contributed by atoms with van der Waals surface area (Å²) in [5.41, 5.74) is -0.789. The van der Waals surface area contributed by atoms with Gasteiger partial charge in [-0.1, -0.05) is 0 Å². The van der Waals surface area contributed by atoms with Gasteiger partial charge in [-0.2, -0.15) is 0 Å². The molecule has 0 aliphatic carbocycles. The monoisotopic (exact) mass is 324 g/mol. The van der Waals surface area contributed by atoms with Crippen molar-refractivity contribution in [1.82, 2.24) is 0 Å². The molecule has 2 saturated heterocycles.